The molecule has 0 radical (unpaired) electrons. The average molecular weight is 678 g/mol. The second-order valence-corrected chi connectivity index (χ2v) is 18.3. The van der Waals surface area contributed by atoms with E-state index in [2.05, 4.69) is 72.8 Å². The van der Waals surface area contributed by atoms with Crippen LogP contribution < -0.4 is 0 Å². The molecule has 0 atom stereocenters. The van der Waals surface area contributed by atoms with Gasteiger partial charge in [0.2, 0.25) is 0 Å². The molecule has 1 heteroatoms. The van der Waals surface area contributed by atoms with Crippen molar-refractivity contribution in [2.75, 3.05) is 0 Å². The molecule has 3 fully saturated rings. The molecule has 3 aromatic carbocycles. The minimum absolute atomic E-state index is 0.0881. The molecule has 266 valence electrons. The molecule has 0 aliphatic heterocycles. The van der Waals surface area contributed by atoms with Gasteiger partial charge < -0.3 is 0 Å². The molecular weight excluding hydrogens is 609 g/mol. The summed E-state index contributed by atoms with van der Waals surface area (Å²) in [5.41, 5.74) is 4.77. The molecule has 3 saturated carbocycles. The second kappa shape index (κ2) is 20.8. The maximum absolute atomic E-state index is 2.52. The highest BCUT2D eigenvalue weighted by atomic mass is 32.2. The minimum atomic E-state index is -0.0881. The van der Waals surface area contributed by atoms with E-state index in [0.29, 0.717) is 0 Å². The third kappa shape index (κ3) is 11.5. The monoisotopic (exact) mass is 678 g/mol. The molecule has 0 heterocycles. The summed E-state index contributed by atoms with van der Waals surface area (Å²) in [5.74, 6) is 2.21. The van der Waals surface area contributed by atoms with E-state index in [1.165, 1.54) is 188 Å². The summed E-state index contributed by atoms with van der Waals surface area (Å²) in [6.45, 7) is 0. The van der Waals surface area contributed by atoms with E-state index in [1.807, 2.05) is 0 Å². The Labute approximate surface area is 305 Å². The van der Waals surface area contributed by atoms with Gasteiger partial charge in [-0.25, -0.2) is 0 Å². The van der Waals surface area contributed by atoms with E-state index in [-0.39, 0.29) is 10.9 Å². The molecule has 3 aliphatic carbocycles. The van der Waals surface area contributed by atoms with Crippen molar-refractivity contribution in [3.63, 3.8) is 0 Å². The highest BCUT2D eigenvalue weighted by molar-refractivity contribution is 7.97. The molecule has 0 saturated heterocycles. The van der Waals surface area contributed by atoms with Crippen molar-refractivity contribution >= 4 is 10.9 Å². The maximum atomic E-state index is 2.52. The van der Waals surface area contributed by atoms with Crippen LogP contribution >= 0.6 is 0 Å². The summed E-state index contributed by atoms with van der Waals surface area (Å²) >= 11 is 0. The normalized spacial score (nSPS) is 21.2. The Morgan fingerprint density at radius 2 is 0.429 bits per heavy atom. The second-order valence-electron chi connectivity index (χ2n) is 16.3. The summed E-state index contributed by atoms with van der Waals surface area (Å²) in [6, 6.07) is 30.2. The van der Waals surface area contributed by atoms with Crippen LogP contribution in [0.15, 0.2) is 87.5 Å². The quantitative estimate of drug-likeness (QED) is 0.228. The fourth-order valence-corrected chi connectivity index (χ4v) is 11.5. The van der Waals surface area contributed by atoms with Crippen LogP contribution in [0.5, 0.6) is 0 Å². The van der Waals surface area contributed by atoms with Crippen molar-refractivity contribution in [3.05, 3.63) is 89.5 Å². The molecule has 0 aromatic heterocycles. The topological polar surface area (TPSA) is 0 Å². The molecule has 6 rings (SSSR count). The zero-order valence-corrected chi connectivity index (χ0v) is 32.0. The van der Waals surface area contributed by atoms with Gasteiger partial charge in [0.1, 0.15) is 0 Å². The predicted molar refractivity (Wildman–Crippen MR) is 214 cm³/mol. The molecule has 0 N–H and O–H groups in total. The average Bonchev–Trinajstić information content (AvgIpc) is 3.16. The standard InChI is InChI=1S/C48H69S/c1-4-10-16-22-40(23-17-11-5-1)43-28-34-46(35-29-43)49(47-36-30-44(31-37-47)41-24-18-12-6-2-7-13-19-25-41)48-38-32-45(33-39-48)42-26-20-14-8-3-9-15-21-27-42/h28-42H,1-27H2/q+1. The minimum Gasteiger partial charge on any atom is -0.0537 e. The molecule has 0 bridgehead atoms. The van der Waals surface area contributed by atoms with Crippen molar-refractivity contribution < 1.29 is 0 Å². The molecular formula is C48H69S+. The van der Waals surface area contributed by atoms with Gasteiger partial charge in [-0.05, 0) is 109 Å². The Morgan fingerprint density at radius 1 is 0.245 bits per heavy atom. The molecule has 0 spiro atoms. The van der Waals surface area contributed by atoms with Gasteiger partial charge >= 0.3 is 0 Å². The Morgan fingerprint density at radius 3 is 0.633 bits per heavy atom. The Bertz CT molecular complexity index is 1110. The molecule has 0 unspecified atom stereocenters. The lowest BCUT2D eigenvalue weighted by Crippen LogP contribution is -2.08. The van der Waals surface area contributed by atoms with Gasteiger partial charge in [0.25, 0.3) is 0 Å². The number of rotatable bonds is 6. The molecule has 3 aliphatic rings. The SMILES string of the molecule is c1cc([S+](c2ccc(C3CCCCCCCCC3)cc2)c2ccc(C3CCCCCCCCC3)cc2)ccc1C1CCCCCCCCC1. The lowest BCUT2D eigenvalue weighted by Gasteiger charge is -2.20. The number of hydrogen-bond donors (Lipinski definition) is 0. The first kappa shape index (κ1) is 36.8. The Kier molecular flexibility index (Phi) is 15.6. The van der Waals surface area contributed by atoms with E-state index in [0.717, 1.165) is 17.8 Å². The third-order valence-corrected chi connectivity index (χ3v) is 14.8. The van der Waals surface area contributed by atoms with Gasteiger partial charge in [-0.3, -0.25) is 0 Å². The number of hydrogen-bond acceptors (Lipinski definition) is 0. The Balaban J connectivity index is 1.25. The first-order valence-electron chi connectivity index (χ1n) is 21.4. The van der Waals surface area contributed by atoms with E-state index in [1.54, 1.807) is 16.7 Å². The lowest BCUT2D eigenvalue weighted by molar-refractivity contribution is 0.462. The lowest BCUT2D eigenvalue weighted by atomic mass is 9.87. The van der Waals surface area contributed by atoms with Crippen LogP contribution in [0.25, 0.3) is 0 Å². The summed E-state index contributed by atoms with van der Waals surface area (Å²) < 4.78 is 0. The molecule has 0 nitrogen and oxygen atoms in total. The van der Waals surface area contributed by atoms with Gasteiger partial charge in [-0.2, -0.15) is 0 Å². The van der Waals surface area contributed by atoms with Crippen molar-refractivity contribution in [3.8, 4) is 0 Å². The summed E-state index contributed by atoms with van der Waals surface area (Å²) in [6.07, 6.45) is 38.1. The highest BCUT2D eigenvalue weighted by Crippen LogP contribution is 2.38. The predicted octanol–water partition coefficient (Wildman–Crippen LogP) is 15.6. The Hall–Kier alpha value is -1.99. The van der Waals surface area contributed by atoms with E-state index >= 15 is 0 Å². The largest absolute Gasteiger partial charge is 0.166 e. The van der Waals surface area contributed by atoms with Crippen LogP contribution in [-0.4, -0.2) is 0 Å². The van der Waals surface area contributed by atoms with E-state index in [9.17, 15) is 0 Å². The van der Waals surface area contributed by atoms with Crippen LogP contribution in [0.1, 0.15) is 208 Å². The summed E-state index contributed by atoms with van der Waals surface area (Å²) in [4.78, 5) is 4.46. The van der Waals surface area contributed by atoms with Crippen LogP contribution in [0, 0.1) is 0 Å². The van der Waals surface area contributed by atoms with Crippen LogP contribution in [0.2, 0.25) is 0 Å². The molecule has 3 aromatic rings. The highest BCUT2D eigenvalue weighted by Gasteiger charge is 2.30. The zero-order valence-electron chi connectivity index (χ0n) is 31.2. The van der Waals surface area contributed by atoms with Crippen molar-refractivity contribution in [2.24, 2.45) is 0 Å². The molecule has 0 amide bonds. The van der Waals surface area contributed by atoms with E-state index in [4.69, 9.17) is 0 Å². The fraction of sp³-hybridized carbons (Fsp3) is 0.625. The van der Waals surface area contributed by atoms with Gasteiger partial charge in [0, 0.05) is 0 Å². The van der Waals surface area contributed by atoms with Gasteiger partial charge in [-0.15, -0.1) is 0 Å². The third-order valence-electron chi connectivity index (χ3n) is 12.6. The van der Waals surface area contributed by atoms with Crippen LogP contribution in [0.3, 0.4) is 0 Å². The smallest absolute Gasteiger partial charge is 0.0537 e. The first-order chi connectivity index (χ1) is 24.3. The molecule has 49 heavy (non-hydrogen) atoms. The zero-order chi connectivity index (χ0) is 33.4. The van der Waals surface area contributed by atoms with Gasteiger partial charge in [0.05, 0.1) is 10.9 Å². The van der Waals surface area contributed by atoms with Crippen molar-refractivity contribution in [2.45, 2.75) is 206 Å². The summed E-state index contributed by atoms with van der Waals surface area (Å²) in [5, 5.41) is 0. The first-order valence-corrected chi connectivity index (χ1v) is 22.6. The van der Waals surface area contributed by atoms with Crippen LogP contribution in [-0.2, 0) is 10.9 Å². The van der Waals surface area contributed by atoms with Gasteiger partial charge in [-0.1, -0.05) is 171 Å². The summed E-state index contributed by atoms with van der Waals surface area (Å²) in [7, 11) is -0.0881. The number of benzene rings is 3. The van der Waals surface area contributed by atoms with Crippen molar-refractivity contribution in [1.29, 1.82) is 0 Å². The van der Waals surface area contributed by atoms with Gasteiger partial charge in [0.15, 0.2) is 14.7 Å². The van der Waals surface area contributed by atoms with E-state index < -0.39 is 0 Å². The fourth-order valence-electron chi connectivity index (χ4n) is 9.47. The maximum Gasteiger partial charge on any atom is 0.166 e. The van der Waals surface area contributed by atoms with Crippen molar-refractivity contribution in [1.82, 2.24) is 0 Å². The van der Waals surface area contributed by atoms with Crippen LogP contribution in [0.4, 0.5) is 0 Å².